The molecule has 0 bridgehead atoms. The van der Waals surface area contributed by atoms with Gasteiger partial charge in [0.15, 0.2) is 11.5 Å². The lowest BCUT2D eigenvalue weighted by atomic mass is 9.95. The molecule has 180 valence electrons. The lowest BCUT2D eigenvalue weighted by Gasteiger charge is -2.16. The highest BCUT2D eigenvalue weighted by Crippen LogP contribution is 2.35. The van der Waals surface area contributed by atoms with Crippen molar-refractivity contribution in [3.8, 4) is 17.2 Å². The third kappa shape index (κ3) is 4.58. The van der Waals surface area contributed by atoms with Gasteiger partial charge in [-0.25, -0.2) is 0 Å². The summed E-state index contributed by atoms with van der Waals surface area (Å²) in [6.07, 6.45) is 2.95. The van der Waals surface area contributed by atoms with Crippen LogP contribution < -0.4 is 19.8 Å². The van der Waals surface area contributed by atoms with E-state index in [2.05, 4.69) is 24.9 Å². The first kappa shape index (κ1) is 25.1. The fraction of sp³-hybridized carbons (Fsp3) is 0.357. The molecular formula is C28H34N2O4. The number of pyridine rings is 2. The molecular weight excluding hydrogens is 428 g/mol. The Hall–Kier alpha value is -3.54. The van der Waals surface area contributed by atoms with Gasteiger partial charge >= 0.3 is 0 Å². The van der Waals surface area contributed by atoms with Crippen LogP contribution in [-0.2, 0) is 19.3 Å². The van der Waals surface area contributed by atoms with Gasteiger partial charge in [-0.05, 0) is 60.2 Å². The third-order valence-electron chi connectivity index (χ3n) is 6.11. The summed E-state index contributed by atoms with van der Waals surface area (Å²) in [7, 11) is 4.89. The van der Waals surface area contributed by atoms with Crippen LogP contribution in [0.4, 0.5) is 0 Å². The number of benzene rings is 2. The van der Waals surface area contributed by atoms with E-state index in [0.717, 1.165) is 63.6 Å². The number of aryl methyl sites for hydroxylation is 2. The molecule has 0 unspecified atom stereocenters. The quantitative estimate of drug-likeness (QED) is 0.356. The van der Waals surface area contributed by atoms with E-state index in [1.807, 2.05) is 30.3 Å². The zero-order valence-electron chi connectivity index (χ0n) is 19.9. The first-order chi connectivity index (χ1) is 16.0. The van der Waals surface area contributed by atoms with Crippen molar-refractivity contribution in [1.29, 1.82) is 0 Å². The van der Waals surface area contributed by atoms with Crippen molar-refractivity contribution in [2.24, 2.45) is 0 Å². The Morgan fingerprint density at radius 2 is 1.62 bits per heavy atom. The molecule has 6 nitrogen and oxygen atoms in total. The Kier molecular flexibility index (Phi) is 7.82. The second-order valence-corrected chi connectivity index (χ2v) is 8.10. The van der Waals surface area contributed by atoms with Gasteiger partial charge in [-0.15, -0.1) is 0 Å². The summed E-state index contributed by atoms with van der Waals surface area (Å²) < 4.78 is 16.5. The van der Waals surface area contributed by atoms with Crippen molar-refractivity contribution >= 4 is 21.7 Å². The van der Waals surface area contributed by atoms with E-state index in [4.69, 9.17) is 19.2 Å². The number of aromatic amines is 1. The van der Waals surface area contributed by atoms with Crippen LogP contribution in [0.15, 0.2) is 41.2 Å². The molecule has 2 heterocycles. The molecule has 2 aromatic heterocycles. The SMILES string of the molecule is C.CCCc1[nH]c(=O)c(Cc2cc3cc(OC)ccc3nc2CC)c2cc(OC)c(OC)cc12. The van der Waals surface area contributed by atoms with Crippen molar-refractivity contribution in [2.45, 2.75) is 47.0 Å². The zero-order chi connectivity index (χ0) is 23.5. The molecule has 0 spiro atoms. The Morgan fingerprint density at radius 3 is 2.24 bits per heavy atom. The molecule has 0 aliphatic rings. The summed E-state index contributed by atoms with van der Waals surface area (Å²) in [4.78, 5) is 21.3. The van der Waals surface area contributed by atoms with Gasteiger partial charge in [0.2, 0.25) is 0 Å². The molecule has 6 heteroatoms. The summed E-state index contributed by atoms with van der Waals surface area (Å²) >= 11 is 0. The van der Waals surface area contributed by atoms with Gasteiger partial charge in [0, 0.05) is 34.1 Å². The Morgan fingerprint density at radius 1 is 0.912 bits per heavy atom. The number of H-pyrrole nitrogens is 1. The highest BCUT2D eigenvalue weighted by atomic mass is 16.5. The summed E-state index contributed by atoms with van der Waals surface area (Å²) in [5.41, 5.74) is 4.47. The topological polar surface area (TPSA) is 73.4 Å². The largest absolute Gasteiger partial charge is 0.497 e. The number of aromatic nitrogens is 2. The van der Waals surface area contributed by atoms with Gasteiger partial charge in [-0.3, -0.25) is 9.78 Å². The minimum Gasteiger partial charge on any atom is -0.497 e. The first-order valence-electron chi connectivity index (χ1n) is 11.3. The highest BCUT2D eigenvalue weighted by Gasteiger charge is 2.17. The van der Waals surface area contributed by atoms with Crippen LogP contribution in [0.1, 0.15) is 50.2 Å². The maximum absolute atomic E-state index is 13.3. The molecule has 0 saturated carbocycles. The van der Waals surface area contributed by atoms with Crippen molar-refractivity contribution < 1.29 is 14.2 Å². The standard InChI is InChI=1S/C27H30N2O4.CH4/c1-6-8-24-20-15-26(33-5)25(32-4)14-19(20)21(27(30)29-24)13-17-11-16-12-18(31-3)9-10-23(16)28-22(17)7-2;/h9-12,14-15H,6-8,13H2,1-5H3,(H,29,30);1H4. The molecule has 0 aliphatic carbocycles. The number of methoxy groups -OCH3 is 3. The van der Waals surface area contributed by atoms with Gasteiger partial charge in [0.1, 0.15) is 5.75 Å². The second kappa shape index (κ2) is 10.6. The van der Waals surface area contributed by atoms with Crippen LogP contribution in [0.3, 0.4) is 0 Å². The van der Waals surface area contributed by atoms with Crippen LogP contribution in [0.5, 0.6) is 17.2 Å². The Balaban J connectivity index is 0.00000324. The monoisotopic (exact) mass is 462 g/mol. The molecule has 0 radical (unpaired) electrons. The van der Waals surface area contributed by atoms with Crippen molar-refractivity contribution in [1.82, 2.24) is 9.97 Å². The van der Waals surface area contributed by atoms with Crippen molar-refractivity contribution in [3.63, 3.8) is 0 Å². The zero-order valence-corrected chi connectivity index (χ0v) is 19.9. The number of ether oxygens (including phenoxy) is 3. The molecule has 2 aromatic carbocycles. The molecule has 1 N–H and O–H groups in total. The van der Waals surface area contributed by atoms with Crippen LogP contribution >= 0.6 is 0 Å². The summed E-state index contributed by atoms with van der Waals surface area (Å²) in [6, 6.07) is 11.9. The van der Waals surface area contributed by atoms with Gasteiger partial charge in [0.05, 0.1) is 26.8 Å². The van der Waals surface area contributed by atoms with E-state index in [-0.39, 0.29) is 13.0 Å². The minimum absolute atomic E-state index is 0. The van der Waals surface area contributed by atoms with E-state index in [1.165, 1.54) is 0 Å². The molecule has 4 rings (SSSR count). The number of hydrogen-bond acceptors (Lipinski definition) is 5. The van der Waals surface area contributed by atoms with Crippen LogP contribution in [0, 0.1) is 0 Å². The maximum Gasteiger partial charge on any atom is 0.252 e. The lowest BCUT2D eigenvalue weighted by molar-refractivity contribution is 0.356. The fourth-order valence-corrected chi connectivity index (χ4v) is 4.42. The van der Waals surface area contributed by atoms with Gasteiger partial charge in [-0.1, -0.05) is 27.7 Å². The number of rotatable bonds is 8. The van der Waals surface area contributed by atoms with Gasteiger partial charge in [-0.2, -0.15) is 0 Å². The van der Waals surface area contributed by atoms with Gasteiger partial charge < -0.3 is 19.2 Å². The van der Waals surface area contributed by atoms with E-state index in [9.17, 15) is 4.79 Å². The summed E-state index contributed by atoms with van der Waals surface area (Å²) in [6.45, 7) is 4.18. The first-order valence-corrected chi connectivity index (χ1v) is 11.3. The van der Waals surface area contributed by atoms with Crippen LogP contribution in [0.2, 0.25) is 0 Å². The predicted octanol–water partition coefficient (Wildman–Crippen LogP) is 5.84. The average molecular weight is 463 g/mol. The molecule has 0 saturated heterocycles. The minimum atomic E-state index is -0.0778. The van der Waals surface area contributed by atoms with Gasteiger partial charge in [0.25, 0.3) is 5.56 Å². The van der Waals surface area contributed by atoms with E-state index in [1.54, 1.807) is 21.3 Å². The Labute approximate surface area is 200 Å². The average Bonchev–Trinajstić information content (AvgIpc) is 2.84. The predicted molar refractivity (Wildman–Crippen MR) is 139 cm³/mol. The number of hydrogen-bond donors (Lipinski definition) is 1. The molecule has 0 amide bonds. The number of nitrogens with zero attached hydrogens (tertiary/aromatic N) is 1. The molecule has 4 aromatic rings. The smallest absolute Gasteiger partial charge is 0.252 e. The fourth-order valence-electron chi connectivity index (χ4n) is 4.42. The third-order valence-corrected chi connectivity index (χ3v) is 6.11. The summed E-state index contributed by atoms with van der Waals surface area (Å²) in [5.74, 6) is 2.04. The van der Waals surface area contributed by atoms with E-state index < -0.39 is 0 Å². The maximum atomic E-state index is 13.3. The molecule has 0 fully saturated rings. The summed E-state index contributed by atoms with van der Waals surface area (Å²) in [5, 5.41) is 2.86. The van der Waals surface area contributed by atoms with E-state index >= 15 is 0 Å². The molecule has 0 aliphatic heterocycles. The number of nitrogens with one attached hydrogen (secondary N) is 1. The molecule has 34 heavy (non-hydrogen) atoms. The number of fused-ring (bicyclic) bond motifs is 2. The Bertz CT molecular complexity index is 1370. The van der Waals surface area contributed by atoms with E-state index in [0.29, 0.717) is 23.5 Å². The lowest BCUT2D eigenvalue weighted by Crippen LogP contribution is -2.17. The molecule has 0 atom stereocenters. The second-order valence-electron chi connectivity index (χ2n) is 8.10. The van der Waals surface area contributed by atoms with Crippen molar-refractivity contribution in [3.05, 3.63) is 69.3 Å². The van der Waals surface area contributed by atoms with Crippen molar-refractivity contribution in [2.75, 3.05) is 21.3 Å². The highest BCUT2D eigenvalue weighted by molar-refractivity contribution is 5.91. The van der Waals surface area contributed by atoms with Crippen LogP contribution in [-0.4, -0.2) is 31.3 Å². The van der Waals surface area contributed by atoms with Crippen LogP contribution in [0.25, 0.3) is 21.7 Å². The normalized spacial score (nSPS) is 10.9.